The highest BCUT2D eigenvalue weighted by molar-refractivity contribution is 7.15. The van der Waals surface area contributed by atoms with Crippen LogP contribution < -0.4 is 5.32 Å². The summed E-state index contributed by atoms with van der Waals surface area (Å²) in [6.45, 7) is 5.77. The molecule has 4 rings (SSSR count). The number of Topliss-reactive ketones (excluding diaryl/α,β-unsaturated/α-hetero) is 1. The van der Waals surface area contributed by atoms with Gasteiger partial charge in [-0.15, -0.1) is 11.3 Å². The Morgan fingerprint density at radius 2 is 1.95 bits per heavy atom. The lowest BCUT2D eigenvalue weighted by atomic mass is 9.80. The molecule has 0 spiro atoms. The number of hydrogen-bond acceptors (Lipinski definition) is 5. The maximum Gasteiger partial charge on any atom is 0.417 e. The largest absolute Gasteiger partial charge is 0.417 e. The first-order chi connectivity index (χ1) is 18.3. The van der Waals surface area contributed by atoms with Crippen LogP contribution in [-0.4, -0.2) is 28.2 Å². The first kappa shape index (κ1) is 29.1. The van der Waals surface area contributed by atoms with Crippen LogP contribution in [0.3, 0.4) is 0 Å². The monoisotopic (exact) mass is 565 g/mol. The summed E-state index contributed by atoms with van der Waals surface area (Å²) in [7, 11) is 0. The number of halogens is 5. The molecule has 4 nitrogen and oxygen atoms in total. The summed E-state index contributed by atoms with van der Waals surface area (Å²) in [5, 5.41) is 3.77. The molecule has 1 saturated carbocycles. The fourth-order valence-electron chi connectivity index (χ4n) is 5.26. The average Bonchev–Trinajstić information content (AvgIpc) is 3.27. The maximum absolute atomic E-state index is 14.7. The van der Waals surface area contributed by atoms with Crippen molar-refractivity contribution in [3.05, 3.63) is 64.4 Å². The smallest absolute Gasteiger partial charge is 0.370 e. The van der Waals surface area contributed by atoms with Crippen molar-refractivity contribution in [2.24, 2.45) is 17.8 Å². The topological polar surface area (TPSA) is 54.9 Å². The standard InChI is InChI=1S/C29H32F5N3OS/c1-17-6-4-7-21(12-17)27-25(37-19(3)39-27)26(38)20-8-5-11-28(30,31)14-18(2)22(13-20)15-35-24-10-9-23(16-36-24)29(32,33)34/h4,6-7,9-10,12,16,18,20,22H,5,8,11,13-15H2,1-3H3,(H,35,36)/t18-,20?,22?/m1/s1. The van der Waals surface area contributed by atoms with Crippen molar-refractivity contribution in [2.75, 3.05) is 11.9 Å². The van der Waals surface area contributed by atoms with Crippen LogP contribution in [0.2, 0.25) is 0 Å². The lowest BCUT2D eigenvalue weighted by molar-refractivity contribution is -0.137. The minimum Gasteiger partial charge on any atom is -0.370 e. The number of nitrogens with one attached hydrogen (secondary N) is 1. The summed E-state index contributed by atoms with van der Waals surface area (Å²) in [5.41, 5.74) is 1.47. The van der Waals surface area contributed by atoms with Gasteiger partial charge in [0, 0.05) is 31.5 Å². The van der Waals surface area contributed by atoms with Gasteiger partial charge >= 0.3 is 6.18 Å². The third kappa shape index (κ3) is 7.41. The molecule has 2 aromatic heterocycles. The fourth-order valence-corrected chi connectivity index (χ4v) is 6.18. The van der Waals surface area contributed by atoms with Crippen LogP contribution in [0.5, 0.6) is 0 Å². The van der Waals surface area contributed by atoms with Crippen molar-refractivity contribution in [1.82, 2.24) is 9.97 Å². The van der Waals surface area contributed by atoms with Gasteiger partial charge in [0.15, 0.2) is 5.78 Å². The van der Waals surface area contributed by atoms with E-state index in [1.54, 1.807) is 6.92 Å². The van der Waals surface area contributed by atoms with Crippen molar-refractivity contribution < 1.29 is 26.7 Å². The Balaban J connectivity index is 1.58. The molecule has 0 aliphatic heterocycles. The molecule has 210 valence electrons. The van der Waals surface area contributed by atoms with Gasteiger partial charge in [-0.1, -0.05) is 36.8 Å². The van der Waals surface area contributed by atoms with Crippen molar-refractivity contribution in [3.8, 4) is 10.4 Å². The predicted octanol–water partition coefficient (Wildman–Crippen LogP) is 8.60. The molecule has 1 aliphatic carbocycles. The van der Waals surface area contributed by atoms with E-state index in [0.29, 0.717) is 18.5 Å². The first-order valence-corrected chi connectivity index (χ1v) is 13.9. The maximum atomic E-state index is 14.7. The van der Waals surface area contributed by atoms with Gasteiger partial charge in [0.1, 0.15) is 11.5 Å². The van der Waals surface area contributed by atoms with Gasteiger partial charge in [0.2, 0.25) is 5.92 Å². The summed E-state index contributed by atoms with van der Waals surface area (Å²) in [6.07, 6.45) is -3.45. The zero-order valence-corrected chi connectivity index (χ0v) is 22.9. The van der Waals surface area contributed by atoms with E-state index in [4.69, 9.17) is 0 Å². The molecule has 0 amide bonds. The van der Waals surface area contributed by atoms with Crippen molar-refractivity contribution in [1.29, 1.82) is 0 Å². The lowest BCUT2D eigenvalue weighted by Gasteiger charge is -2.28. The van der Waals surface area contributed by atoms with Crippen LogP contribution in [0, 0.1) is 31.6 Å². The second-order valence-electron chi connectivity index (χ2n) is 10.6. The number of anilines is 1. The van der Waals surface area contributed by atoms with Crippen LogP contribution in [-0.2, 0) is 6.18 Å². The number of nitrogens with zero attached hydrogens (tertiary/aromatic N) is 2. The SMILES string of the molecule is Cc1cccc(-c2sc(C)nc2C(=O)C2CCCC(F)(F)C[C@@H](C)C(CNc3ccc(C(F)(F)F)cn3)C2)c1. The zero-order valence-electron chi connectivity index (χ0n) is 22.1. The van der Waals surface area contributed by atoms with Crippen LogP contribution in [0.1, 0.15) is 65.7 Å². The summed E-state index contributed by atoms with van der Waals surface area (Å²) < 4.78 is 68.1. The number of alkyl halides is 5. The Morgan fingerprint density at radius 1 is 1.18 bits per heavy atom. The molecule has 0 bridgehead atoms. The molecular weight excluding hydrogens is 533 g/mol. The normalized spacial score (nSPS) is 22.0. The van der Waals surface area contributed by atoms with Gasteiger partial charge in [0.05, 0.1) is 15.4 Å². The number of benzene rings is 1. The lowest BCUT2D eigenvalue weighted by Crippen LogP contribution is -2.29. The molecule has 3 aromatic rings. The average molecular weight is 566 g/mol. The fraction of sp³-hybridized carbons (Fsp3) is 0.483. The van der Waals surface area contributed by atoms with Crippen LogP contribution in [0.25, 0.3) is 10.4 Å². The number of carbonyl (C=O) groups is 1. The number of aromatic nitrogens is 2. The Bertz CT molecular complexity index is 1290. The molecule has 2 heterocycles. The van der Waals surface area contributed by atoms with E-state index in [0.717, 1.165) is 33.3 Å². The first-order valence-electron chi connectivity index (χ1n) is 13.1. The van der Waals surface area contributed by atoms with Crippen molar-refractivity contribution >= 4 is 22.9 Å². The summed E-state index contributed by atoms with van der Waals surface area (Å²) in [5.74, 6) is -4.03. The number of ketones is 1. The van der Waals surface area contributed by atoms with Gasteiger partial charge in [0.25, 0.3) is 0 Å². The van der Waals surface area contributed by atoms with E-state index < -0.39 is 29.5 Å². The van der Waals surface area contributed by atoms with Gasteiger partial charge in [-0.3, -0.25) is 4.79 Å². The molecule has 0 saturated heterocycles. The van der Waals surface area contributed by atoms with E-state index in [1.807, 2.05) is 38.1 Å². The number of pyridine rings is 1. The van der Waals surface area contributed by atoms with Gasteiger partial charge in [-0.2, -0.15) is 13.2 Å². The highest BCUT2D eigenvalue weighted by Crippen LogP contribution is 2.40. The zero-order chi connectivity index (χ0) is 28.4. The van der Waals surface area contributed by atoms with E-state index in [9.17, 15) is 26.7 Å². The summed E-state index contributed by atoms with van der Waals surface area (Å²) >= 11 is 1.44. The number of carbonyl (C=O) groups excluding carboxylic acids is 1. The quantitative estimate of drug-likeness (QED) is 0.240. The molecule has 10 heteroatoms. The van der Waals surface area contributed by atoms with Gasteiger partial charge < -0.3 is 5.32 Å². The van der Waals surface area contributed by atoms with Crippen molar-refractivity contribution in [2.45, 2.75) is 65.0 Å². The molecule has 0 radical (unpaired) electrons. The molecule has 3 atom stereocenters. The molecular formula is C29H32F5N3OS. The Kier molecular flexibility index (Phi) is 8.73. The van der Waals surface area contributed by atoms with E-state index in [1.165, 1.54) is 17.4 Å². The molecule has 1 aromatic carbocycles. The number of rotatable bonds is 6. The highest BCUT2D eigenvalue weighted by Gasteiger charge is 2.38. The van der Waals surface area contributed by atoms with Crippen molar-refractivity contribution in [3.63, 3.8) is 0 Å². The van der Waals surface area contributed by atoms with E-state index in [-0.39, 0.29) is 43.3 Å². The Morgan fingerprint density at radius 3 is 2.62 bits per heavy atom. The Labute approximate surface area is 229 Å². The minimum atomic E-state index is -4.50. The molecule has 1 N–H and O–H groups in total. The molecule has 39 heavy (non-hydrogen) atoms. The molecule has 2 unspecified atom stereocenters. The number of thiazole rings is 1. The Hall–Kier alpha value is -2.88. The third-order valence-corrected chi connectivity index (χ3v) is 8.38. The molecule has 1 aliphatic rings. The third-order valence-electron chi connectivity index (χ3n) is 7.36. The highest BCUT2D eigenvalue weighted by atomic mass is 32.1. The minimum absolute atomic E-state index is 0.147. The predicted molar refractivity (Wildman–Crippen MR) is 143 cm³/mol. The van der Waals surface area contributed by atoms with E-state index >= 15 is 0 Å². The van der Waals surface area contributed by atoms with Gasteiger partial charge in [-0.05, 0) is 62.6 Å². The summed E-state index contributed by atoms with van der Waals surface area (Å²) in [6, 6.07) is 9.99. The van der Waals surface area contributed by atoms with Gasteiger partial charge in [-0.25, -0.2) is 18.7 Å². The van der Waals surface area contributed by atoms with Crippen LogP contribution in [0.15, 0.2) is 42.6 Å². The number of hydrogen-bond donors (Lipinski definition) is 1. The second kappa shape index (κ2) is 11.7. The van der Waals surface area contributed by atoms with Crippen LogP contribution in [0.4, 0.5) is 27.8 Å². The molecule has 1 fully saturated rings. The summed E-state index contributed by atoms with van der Waals surface area (Å²) in [4.78, 5) is 23.1. The van der Waals surface area contributed by atoms with Crippen LogP contribution >= 0.6 is 11.3 Å². The number of aryl methyl sites for hydroxylation is 2. The van der Waals surface area contributed by atoms with E-state index in [2.05, 4.69) is 15.3 Å². The second-order valence-corrected chi connectivity index (χ2v) is 11.8.